The molecule has 0 amide bonds. The van der Waals surface area contributed by atoms with E-state index in [0.29, 0.717) is 44.5 Å². The molecular weight excluding hydrogens is 388 g/mol. The Bertz CT molecular complexity index is 642. The predicted molar refractivity (Wildman–Crippen MR) is 103 cm³/mol. The first-order valence-electron chi connectivity index (χ1n) is 9.19. The summed E-state index contributed by atoms with van der Waals surface area (Å²) in [4.78, 5) is 24.6. The Kier molecular flexibility index (Phi) is 8.39. The van der Waals surface area contributed by atoms with E-state index in [1.165, 1.54) is 0 Å². The highest BCUT2D eigenvalue weighted by molar-refractivity contribution is 6.99. The Morgan fingerprint density at radius 1 is 1.29 bits per heavy atom. The Labute approximate surface area is 168 Å². The maximum atomic E-state index is 11.9. The molecule has 11 heteroatoms. The maximum Gasteiger partial charge on any atom is 0.306 e. The van der Waals surface area contributed by atoms with Crippen molar-refractivity contribution in [3.63, 3.8) is 0 Å². The number of aliphatic carboxylic acids is 1. The van der Waals surface area contributed by atoms with Crippen molar-refractivity contribution in [2.45, 2.75) is 45.3 Å². The minimum absolute atomic E-state index is 0.0879. The number of ether oxygens (including phenoxy) is 3. The number of morpholine rings is 1. The summed E-state index contributed by atoms with van der Waals surface area (Å²) in [6, 6.07) is 0. The summed E-state index contributed by atoms with van der Waals surface area (Å²) in [5.41, 5.74) is -0.174. The average Bonchev–Trinajstić information content (AvgIpc) is 3.11. The van der Waals surface area contributed by atoms with E-state index in [9.17, 15) is 9.59 Å². The smallest absolute Gasteiger partial charge is 0.306 e. The van der Waals surface area contributed by atoms with Crippen molar-refractivity contribution >= 4 is 29.5 Å². The minimum atomic E-state index is -1.04. The zero-order chi connectivity index (χ0) is 20.6. The van der Waals surface area contributed by atoms with Crippen LogP contribution in [-0.2, 0) is 19.1 Å². The van der Waals surface area contributed by atoms with Crippen LogP contribution in [-0.4, -0.2) is 76.9 Å². The fourth-order valence-corrected chi connectivity index (χ4v) is 2.94. The third kappa shape index (κ3) is 7.95. The normalized spacial score (nSPS) is 15.9. The zero-order valence-corrected chi connectivity index (χ0v) is 17.3. The lowest BCUT2D eigenvalue weighted by molar-refractivity contribution is -0.153. The van der Waals surface area contributed by atoms with Crippen molar-refractivity contribution in [3.8, 4) is 5.88 Å². The quantitative estimate of drug-likeness (QED) is 0.532. The molecule has 1 unspecified atom stereocenters. The zero-order valence-electron chi connectivity index (χ0n) is 16.5. The second-order valence-corrected chi connectivity index (χ2v) is 7.97. The first-order chi connectivity index (χ1) is 13.2. The van der Waals surface area contributed by atoms with Gasteiger partial charge < -0.3 is 29.5 Å². The standard InChI is InChI=1S/C17H28N4O6S/c1-17(2,3)18-10-12(27-14(24)5-4-13(22)23)11-26-16-15(19-28-20-16)21-6-8-25-9-7-21/h12,18H,4-11H2,1-3H3,(H,22,23). The number of carbonyl (C=O) groups excluding carboxylic acids is 1. The molecule has 1 aliphatic rings. The van der Waals surface area contributed by atoms with E-state index < -0.39 is 18.0 Å². The van der Waals surface area contributed by atoms with Crippen molar-refractivity contribution in [3.05, 3.63) is 0 Å². The van der Waals surface area contributed by atoms with Gasteiger partial charge in [0, 0.05) is 25.2 Å². The lowest BCUT2D eigenvalue weighted by Crippen LogP contribution is -2.44. The van der Waals surface area contributed by atoms with Crippen LogP contribution >= 0.6 is 11.7 Å². The van der Waals surface area contributed by atoms with Crippen LogP contribution in [0.4, 0.5) is 5.82 Å². The van der Waals surface area contributed by atoms with Gasteiger partial charge in [0.1, 0.15) is 12.7 Å². The minimum Gasteiger partial charge on any atom is -0.481 e. The van der Waals surface area contributed by atoms with Crippen molar-refractivity contribution in [2.75, 3.05) is 44.4 Å². The highest BCUT2D eigenvalue weighted by Crippen LogP contribution is 2.26. The molecule has 10 nitrogen and oxygen atoms in total. The van der Waals surface area contributed by atoms with Crippen molar-refractivity contribution < 1.29 is 28.9 Å². The number of carboxylic acid groups (broad SMARTS) is 1. The Balaban J connectivity index is 1.94. The molecule has 0 radical (unpaired) electrons. The molecule has 1 fully saturated rings. The third-order valence-electron chi connectivity index (χ3n) is 3.86. The molecule has 1 aromatic rings. The van der Waals surface area contributed by atoms with E-state index in [1.54, 1.807) is 0 Å². The second kappa shape index (κ2) is 10.5. The Hall–Kier alpha value is -1.98. The third-order valence-corrected chi connectivity index (χ3v) is 4.36. The Morgan fingerprint density at radius 2 is 2.00 bits per heavy atom. The number of carboxylic acids is 1. The van der Waals surface area contributed by atoms with E-state index in [0.717, 1.165) is 11.7 Å². The van der Waals surface area contributed by atoms with Crippen LogP contribution < -0.4 is 15.0 Å². The number of nitrogens with one attached hydrogen (secondary N) is 1. The number of hydrogen-bond acceptors (Lipinski definition) is 10. The molecule has 0 bridgehead atoms. The molecule has 1 aromatic heterocycles. The van der Waals surface area contributed by atoms with Crippen LogP contribution in [0.5, 0.6) is 5.88 Å². The SMILES string of the molecule is CC(C)(C)NCC(COc1nsnc1N1CCOCC1)OC(=O)CCC(=O)O. The molecule has 158 valence electrons. The van der Waals surface area contributed by atoms with Gasteiger partial charge in [0.15, 0.2) is 0 Å². The van der Waals surface area contributed by atoms with Gasteiger partial charge in [-0.1, -0.05) is 0 Å². The highest BCUT2D eigenvalue weighted by atomic mass is 32.1. The van der Waals surface area contributed by atoms with Crippen molar-refractivity contribution in [1.29, 1.82) is 0 Å². The molecule has 0 aliphatic carbocycles. The summed E-state index contributed by atoms with van der Waals surface area (Å²) in [5.74, 6) is -0.556. The van der Waals surface area contributed by atoms with Gasteiger partial charge in [-0.05, 0) is 20.8 Å². The number of nitrogens with zero attached hydrogens (tertiary/aromatic N) is 3. The molecular formula is C17H28N4O6S. The number of rotatable bonds is 10. The summed E-state index contributed by atoms with van der Waals surface area (Å²) < 4.78 is 25.1. The molecule has 0 aromatic carbocycles. The fraction of sp³-hybridized carbons (Fsp3) is 0.765. The second-order valence-electron chi connectivity index (χ2n) is 7.44. The van der Waals surface area contributed by atoms with Crippen LogP contribution in [0.3, 0.4) is 0 Å². The largest absolute Gasteiger partial charge is 0.481 e. The highest BCUT2D eigenvalue weighted by Gasteiger charge is 2.23. The number of anilines is 1. The van der Waals surface area contributed by atoms with Gasteiger partial charge in [-0.15, -0.1) is 4.37 Å². The van der Waals surface area contributed by atoms with Gasteiger partial charge in [-0.2, -0.15) is 4.37 Å². The van der Waals surface area contributed by atoms with E-state index in [2.05, 4.69) is 14.1 Å². The number of esters is 1. The number of hydrogen-bond donors (Lipinski definition) is 2. The summed E-state index contributed by atoms with van der Waals surface area (Å²) >= 11 is 1.06. The first kappa shape index (κ1) is 22.3. The van der Waals surface area contributed by atoms with Gasteiger partial charge in [0.05, 0.1) is 37.8 Å². The molecule has 1 saturated heterocycles. The number of carbonyl (C=O) groups is 2. The summed E-state index contributed by atoms with van der Waals surface area (Å²) in [6.07, 6.45) is -1.03. The van der Waals surface area contributed by atoms with Crippen LogP contribution in [0.25, 0.3) is 0 Å². The van der Waals surface area contributed by atoms with Crippen LogP contribution in [0.1, 0.15) is 33.6 Å². The van der Waals surface area contributed by atoms with Crippen molar-refractivity contribution in [1.82, 2.24) is 14.1 Å². The molecule has 1 atom stereocenters. The average molecular weight is 417 g/mol. The molecule has 0 spiro atoms. The molecule has 2 N–H and O–H groups in total. The predicted octanol–water partition coefficient (Wildman–Crippen LogP) is 0.918. The van der Waals surface area contributed by atoms with E-state index in [1.807, 2.05) is 25.7 Å². The van der Waals surface area contributed by atoms with Gasteiger partial charge in [-0.25, -0.2) is 0 Å². The molecule has 2 heterocycles. The first-order valence-corrected chi connectivity index (χ1v) is 9.92. The van der Waals surface area contributed by atoms with Gasteiger partial charge in [0.2, 0.25) is 5.82 Å². The van der Waals surface area contributed by atoms with Crippen LogP contribution in [0, 0.1) is 0 Å². The van der Waals surface area contributed by atoms with Crippen LogP contribution in [0.2, 0.25) is 0 Å². The molecule has 1 aliphatic heterocycles. The molecule has 28 heavy (non-hydrogen) atoms. The van der Waals surface area contributed by atoms with Gasteiger partial charge >= 0.3 is 11.9 Å². The van der Waals surface area contributed by atoms with E-state index >= 15 is 0 Å². The van der Waals surface area contributed by atoms with Crippen molar-refractivity contribution in [2.24, 2.45) is 0 Å². The lowest BCUT2D eigenvalue weighted by atomic mass is 10.1. The van der Waals surface area contributed by atoms with E-state index in [4.69, 9.17) is 19.3 Å². The Morgan fingerprint density at radius 3 is 2.64 bits per heavy atom. The summed E-state index contributed by atoms with van der Waals surface area (Å²) in [5, 5.41) is 12.0. The monoisotopic (exact) mass is 416 g/mol. The van der Waals surface area contributed by atoms with Gasteiger partial charge in [-0.3, -0.25) is 9.59 Å². The topological polar surface area (TPSA) is 123 Å². The lowest BCUT2D eigenvalue weighted by Gasteiger charge is -2.27. The van der Waals surface area contributed by atoms with E-state index in [-0.39, 0.29) is 25.0 Å². The molecule has 0 saturated carbocycles. The van der Waals surface area contributed by atoms with Crippen LogP contribution in [0.15, 0.2) is 0 Å². The number of aromatic nitrogens is 2. The van der Waals surface area contributed by atoms with Gasteiger partial charge in [0.25, 0.3) is 5.88 Å². The molecule has 2 rings (SSSR count). The summed E-state index contributed by atoms with van der Waals surface area (Å²) in [7, 11) is 0. The fourth-order valence-electron chi connectivity index (χ4n) is 2.42. The maximum absolute atomic E-state index is 11.9. The summed E-state index contributed by atoms with van der Waals surface area (Å²) in [6.45, 7) is 9.11.